The lowest BCUT2D eigenvalue weighted by atomic mass is 10.2. The van der Waals surface area contributed by atoms with E-state index >= 15 is 0 Å². The van der Waals surface area contributed by atoms with Gasteiger partial charge in [0.2, 0.25) is 11.8 Å². The van der Waals surface area contributed by atoms with Crippen LogP contribution in [0.2, 0.25) is 0 Å². The minimum absolute atomic E-state index is 0.185. The highest BCUT2D eigenvalue weighted by Crippen LogP contribution is 2.29. The van der Waals surface area contributed by atoms with E-state index < -0.39 is 12.1 Å². The van der Waals surface area contributed by atoms with Crippen LogP contribution in [-0.4, -0.2) is 35.3 Å². The summed E-state index contributed by atoms with van der Waals surface area (Å²) in [5.41, 5.74) is 2.36. The maximum absolute atomic E-state index is 12.5. The quantitative estimate of drug-likeness (QED) is 0.536. The zero-order chi connectivity index (χ0) is 19.6. The van der Waals surface area contributed by atoms with Gasteiger partial charge in [-0.2, -0.15) is 23.3 Å². The molecule has 9 nitrogen and oxygen atoms in total. The third-order valence-corrected chi connectivity index (χ3v) is 3.61. The zero-order valence-corrected chi connectivity index (χ0v) is 14.0. The second-order valence-electron chi connectivity index (χ2n) is 5.55. The van der Waals surface area contributed by atoms with Crippen LogP contribution in [0.1, 0.15) is 11.6 Å². The second kappa shape index (κ2) is 7.06. The molecule has 4 aromatic rings. The Morgan fingerprint density at radius 3 is 2.61 bits per heavy atom. The lowest BCUT2D eigenvalue weighted by Gasteiger charge is -2.05. The zero-order valence-electron chi connectivity index (χ0n) is 14.0. The van der Waals surface area contributed by atoms with Gasteiger partial charge in [0.15, 0.2) is 0 Å². The van der Waals surface area contributed by atoms with E-state index in [1.54, 1.807) is 36.7 Å². The molecule has 0 aliphatic heterocycles. The molecule has 4 heterocycles. The molecule has 0 radical (unpaired) electrons. The molecule has 0 atom stereocenters. The average Bonchev–Trinajstić information content (AvgIpc) is 3.39. The smallest absolute Gasteiger partial charge is 0.349 e. The van der Waals surface area contributed by atoms with Gasteiger partial charge in [0.1, 0.15) is 0 Å². The monoisotopic (exact) mass is 388 g/mol. The number of rotatable bonds is 5. The highest BCUT2D eigenvalue weighted by atomic mass is 19.4. The second-order valence-corrected chi connectivity index (χ2v) is 5.55. The SMILES string of the molecule is FC(F)(F)c1nc(-c2ccc(CNc3nccc(-c4ccn[nH]4)n3)nc2)no1. The van der Waals surface area contributed by atoms with Crippen molar-refractivity contribution >= 4 is 5.95 Å². The Kier molecular flexibility index (Phi) is 4.43. The molecule has 0 aromatic carbocycles. The number of aromatic amines is 1. The van der Waals surface area contributed by atoms with Crippen molar-refractivity contribution in [3.63, 3.8) is 0 Å². The molecular formula is C16H11F3N8O. The van der Waals surface area contributed by atoms with Crippen LogP contribution in [0.15, 0.2) is 47.4 Å². The Labute approximate surface area is 155 Å². The van der Waals surface area contributed by atoms with Crippen molar-refractivity contribution < 1.29 is 17.7 Å². The summed E-state index contributed by atoms with van der Waals surface area (Å²) in [5, 5.41) is 13.0. The highest BCUT2D eigenvalue weighted by molar-refractivity contribution is 5.54. The van der Waals surface area contributed by atoms with Gasteiger partial charge < -0.3 is 9.84 Å². The summed E-state index contributed by atoms with van der Waals surface area (Å²) < 4.78 is 41.8. The molecule has 0 aliphatic carbocycles. The largest absolute Gasteiger partial charge is 0.471 e. The molecule has 142 valence electrons. The lowest BCUT2D eigenvalue weighted by Crippen LogP contribution is -2.05. The normalized spacial score (nSPS) is 11.5. The van der Waals surface area contributed by atoms with Gasteiger partial charge in [0.25, 0.3) is 0 Å². The van der Waals surface area contributed by atoms with E-state index in [1.165, 1.54) is 6.20 Å². The predicted octanol–water partition coefficient (Wildman–Crippen LogP) is 2.94. The summed E-state index contributed by atoms with van der Waals surface area (Å²) >= 11 is 0. The Morgan fingerprint density at radius 2 is 1.93 bits per heavy atom. The number of alkyl halides is 3. The fourth-order valence-electron chi connectivity index (χ4n) is 2.28. The van der Waals surface area contributed by atoms with E-state index in [1.807, 2.05) is 0 Å². The first-order chi connectivity index (χ1) is 13.5. The predicted molar refractivity (Wildman–Crippen MR) is 89.5 cm³/mol. The van der Waals surface area contributed by atoms with Crippen LogP contribution in [0.25, 0.3) is 22.8 Å². The van der Waals surface area contributed by atoms with E-state index in [-0.39, 0.29) is 5.82 Å². The van der Waals surface area contributed by atoms with Crippen LogP contribution in [0.3, 0.4) is 0 Å². The van der Waals surface area contributed by atoms with Crippen molar-refractivity contribution in [2.24, 2.45) is 0 Å². The lowest BCUT2D eigenvalue weighted by molar-refractivity contribution is -0.159. The fourth-order valence-corrected chi connectivity index (χ4v) is 2.28. The van der Waals surface area contributed by atoms with Crippen molar-refractivity contribution in [2.75, 3.05) is 5.32 Å². The molecule has 0 aliphatic rings. The van der Waals surface area contributed by atoms with Crippen LogP contribution < -0.4 is 5.32 Å². The maximum atomic E-state index is 12.5. The van der Waals surface area contributed by atoms with Gasteiger partial charge >= 0.3 is 12.1 Å². The van der Waals surface area contributed by atoms with Gasteiger partial charge in [-0.05, 0) is 24.3 Å². The van der Waals surface area contributed by atoms with Crippen molar-refractivity contribution in [1.82, 2.24) is 35.3 Å². The first-order valence-corrected chi connectivity index (χ1v) is 7.92. The summed E-state index contributed by atoms with van der Waals surface area (Å²) in [5.74, 6) is -1.19. The topological polar surface area (TPSA) is 118 Å². The number of hydrogen-bond donors (Lipinski definition) is 2. The molecule has 0 unspecified atom stereocenters. The van der Waals surface area contributed by atoms with Crippen LogP contribution in [0, 0.1) is 0 Å². The van der Waals surface area contributed by atoms with Crippen LogP contribution in [0.4, 0.5) is 19.1 Å². The van der Waals surface area contributed by atoms with Crippen LogP contribution in [-0.2, 0) is 12.7 Å². The van der Waals surface area contributed by atoms with Crippen molar-refractivity contribution in [2.45, 2.75) is 12.7 Å². The third kappa shape index (κ3) is 3.79. The van der Waals surface area contributed by atoms with Crippen molar-refractivity contribution in [3.8, 4) is 22.8 Å². The van der Waals surface area contributed by atoms with E-state index in [4.69, 9.17) is 0 Å². The van der Waals surface area contributed by atoms with Gasteiger partial charge in [-0.25, -0.2) is 9.97 Å². The number of nitrogens with zero attached hydrogens (tertiary/aromatic N) is 6. The Morgan fingerprint density at radius 1 is 1.04 bits per heavy atom. The Hall–Kier alpha value is -3.83. The number of anilines is 1. The van der Waals surface area contributed by atoms with Gasteiger partial charge in [0, 0.05) is 24.2 Å². The number of halogens is 3. The van der Waals surface area contributed by atoms with Crippen LogP contribution in [0.5, 0.6) is 0 Å². The van der Waals surface area contributed by atoms with Gasteiger partial charge in [-0.1, -0.05) is 5.16 Å². The Balaban J connectivity index is 1.43. The van der Waals surface area contributed by atoms with E-state index in [2.05, 4.69) is 45.1 Å². The number of nitrogens with one attached hydrogen (secondary N) is 2. The molecule has 0 saturated carbocycles. The summed E-state index contributed by atoms with van der Waals surface area (Å²) in [7, 11) is 0. The number of aromatic nitrogens is 7. The van der Waals surface area contributed by atoms with Crippen LogP contribution >= 0.6 is 0 Å². The standard InChI is InChI=1S/C16H11F3N8O/c17-16(18,19)14-25-13(27-28-14)9-1-2-10(21-7-9)8-22-15-20-5-3-11(24-15)12-4-6-23-26-12/h1-7H,8H2,(H,23,26)(H,20,22,24). The van der Waals surface area contributed by atoms with E-state index in [0.717, 1.165) is 5.69 Å². The molecule has 0 amide bonds. The molecule has 12 heteroatoms. The molecule has 0 spiro atoms. The summed E-state index contributed by atoms with van der Waals surface area (Å²) in [6.45, 7) is 0.312. The average molecular weight is 388 g/mol. The fraction of sp³-hybridized carbons (Fsp3) is 0.125. The van der Waals surface area contributed by atoms with Crippen molar-refractivity contribution in [3.05, 3.63) is 54.4 Å². The highest BCUT2D eigenvalue weighted by Gasteiger charge is 2.38. The molecule has 0 fully saturated rings. The first kappa shape index (κ1) is 17.6. The number of H-pyrrole nitrogens is 1. The van der Waals surface area contributed by atoms with E-state index in [9.17, 15) is 13.2 Å². The third-order valence-electron chi connectivity index (χ3n) is 3.61. The minimum Gasteiger partial charge on any atom is -0.349 e. The first-order valence-electron chi connectivity index (χ1n) is 7.92. The summed E-state index contributed by atoms with van der Waals surface area (Å²) in [6, 6.07) is 6.71. The molecule has 28 heavy (non-hydrogen) atoms. The number of hydrogen-bond acceptors (Lipinski definition) is 8. The maximum Gasteiger partial charge on any atom is 0.471 e. The minimum atomic E-state index is -4.69. The van der Waals surface area contributed by atoms with Gasteiger partial charge in [-0.15, -0.1) is 0 Å². The molecule has 4 aromatic heterocycles. The van der Waals surface area contributed by atoms with Gasteiger partial charge in [0.05, 0.1) is 23.6 Å². The molecule has 0 saturated heterocycles. The van der Waals surface area contributed by atoms with Gasteiger partial charge in [-0.3, -0.25) is 10.1 Å². The summed E-state index contributed by atoms with van der Waals surface area (Å²) in [6.07, 6.45) is -0.0922. The molecular weight excluding hydrogens is 377 g/mol. The molecule has 0 bridgehead atoms. The van der Waals surface area contributed by atoms with Crippen molar-refractivity contribution in [1.29, 1.82) is 0 Å². The molecule has 4 rings (SSSR count). The number of pyridine rings is 1. The van der Waals surface area contributed by atoms with E-state index in [0.29, 0.717) is 29.4 Å². The Bertz CT molecular complexity index is 1060. The molecule has 2 N–H and O–H groups in total. The summed E-state index contributed by atoms with van der Waals surface area (Å²) in [4.78, 5) is 16.0.